The number of aromatic nitrogens is 2. The van der Waals surface area contributed by atoms with Gasteiger partial charge in [-0.3, -0.25) is 14.6 Å². The molecule has 0 aromatic carbocycles. The van der Waals surface area contributed by atoms with E-state index in [1.807, 2.05) is 6.07 Å². The molecule has 128 valence electrons. The predicted octanol–water partition coefficient (Wildman–Crippen LogP) is 1.42. The van der Waals surface area contributed by atoms with E-state index in [1.54, 1.807) is 31.5 Å². The van der Waals surface area contributed by atoms with E-state index in [-0.39, 0.29) is 4.90 Å². The van der Waals surface area contributed by atoms with E-state index < -0.39 is 10.0 Å². The lowest BCUT2D eigenvalue weighted by Gasteiger charge is -2.26. The number of pyridine rings is 2. The molecule has 8 heteroatoms. The zero-order chi connectivity index (χ0) is 17.0. The molecule has 2 aromatic heterocycles. The van der Waals surface area contributed by atoms with Crippen LogP contribution in [0.5, 0.6) is 0 Å². The van der Waals surface area contributed by atoms with Gasteiger partial charge in [0.05, 0.1) is 13.2 Å². The van der Waals surface area contributed by atoms with E-state index in [4.69, 9.17) is 4.74 Å². The zero-order valence-corrected chi connectivity index (χ0v) is 14.3. The average Bonchev–Trinajstić information content (AvgIpc) is 2.57. The van der Waals surface area contributed by atoms with Gasteiger partial charge in [0.15, 0.2) is 0 Å². The van der Waals surface area contributed by atoms with Crippen LogP contribution in [0.25, 0.3) is 0 Å². The Morgan fingerprint density at radius 2 is 2.00 bits per heavy atom. The lowest BCUT2D eigenvalue weighted by molar-refractivity contribution is 0.0341. The number of hydrogen-bond acceptors (Lipinski definition) is 6. The second kappa shape index (κ2) is 7.25. The summed E-state index contributed by atoms with van der Waals surface area (Å²) in [5, 5.41) is 0. The van der Waals surface area contributed by atoms with Gasteiger partial charge in [-0.15, -0.1) is 0 Å². The Labute approximate surface area is 141 Å². The third-order valence-corrected chi connectivity index (χ3v) is 5.06. The molecule has 1 aliphatic heterocycles. The smallest absolute Gasteiger partial charge is 0.264 e. The number of morpholine rings is 1. The minimum atomic E-state index is -3.68. The fourth-order valence-electron chi connectivity index (χ4n) is 2.47. The minimum absolute atomic E-state index is 0.127. The molecule has 0 atom stereocenters. The molecule has 1 N–H and O–H groups in total. The van der Waals surface area contributed by atoms with Gasteiger partial charge in [0.25, 0.3) is 10.0 Å². The Hall–Kier alpha value is -2.03. The second-order valence-electron chi connectivity index (χ2n) is 5.74. The number of nitrogens with zero attached hydrogens (tertiary/aromatic N) is 3. The molecule has 0 aliphatic carbocycles. The van der Waals surface area contributed by atoms with Gasteiger partial charge in [0.2, 0.25) is 0 Å². The SMILES string of the molecule is Cc1cncc(S(=O)(=O)Nc2ccc(CN3CCOCC3)cn2)c1. The molecule has 3 heterocycles. The van der Waals surface area contributed by atoms with Crippen LogP contribution in [-0.2, 0) is 21.3 Å². The second-order valence-corrected chi connectivity index (χ2v) is 7.43. The van der Waals surface area contributed by atoms with Gasteiger partial charge in [-0.05, 0) is 30.2 Å². The highest BCUT2D eigenvalue weighted by molar-refractivity contribution is 7.92. The first-order chi connectivity index (χ1) is 11.5. The van der Waals surface area contributed by atoms with Crippen LogP contribution in [0.3, 0.4) is 0 Å². The maximum absolute atomic E-state index is 12.3. The molecule has 3 rings (SSSR count). The summed E-state index contributed by atoms with van der Waals surface area (Å²) in [6, 6.07) is 5.13. The van der Waals surface area contributed by atoms with Crippen molar-refractivity contribution in [3.8, 4) is 0 Å². The van der Waals surface area contributed by atoms with Crippen molar-refractivity contribution in [2.24, 2.45) is 0 Å². The van der Waals surface area contributed by atoms with Crippen molar-refractivity contribution < 1.29 is 13.2 Å². The average molecular weight is 348 g/mol. The van der Waals surface area contributed by atoms with E-state index in [1.165, 1.54) is 6.20 Å². The Bertz CT molecular complexity index is 787. The third kappa shape index (κ3) is 4.28. The van der Waals surface area contributed by atoms with Gasteiger partial charge in [-0.2, -0.15) is 0 Å². The molecule has 7 nitrogen and oxygen atoms in total. The van der Waals surface area contributed by atoms with Crippen molar-refractivity contribution in [1.82, 2.24) is 14.9 Å². The highest BCUT2D eigenvalue weighted by Gasteiger charge is 2.16. The normalized spacial score (nSPS) is 16.0. The molecule has 0 unspecified atom stereocenters. The summed E-state index contributed by atoms with van der Waals surface area (Å²) in [6.07, 6.45) is 4.63. The van der Waals surface area contributed by atoms with Crippen molar-refractivity contribution in [1.29, 1.82) is 0 Å². The monoisotopic (exact) mass is 348 g/mol. The van der Waals surface area contributed by atoms with E-state index >= 15 is 0 Å². The van der Waals surface area contributed by atoms with Gasteiger partial charge in [-0.1, -0.05) is 6.07 Å². The molecule has 1 aliphatic rings. The van der Waals surface area contributed by atoms with E-state index in [9.17, 15) is 8.42 Å². The Morgan fingerprint density at radius 1 is 1.21 bits per heavy atom. The van der Waals surface area contributed by atoms with Crippen LogP contribution >= 0.6 is 0 Å². The summed E-state index contributed by atoms with van der Waals surface area (Å²) < 4.78 is 32.5. The van der Waals surface area contributed by atoms with Crippen LogP contribution < -0.4 is 4.72 Å². The van der Waals surface area contributed by atoms with E-state index in [2.05, 4.69) is 19.6 Å². The predicted molar refractivity (Wildman–Crippen MR) is 90.1 cm³/mol. The molecule has 0 amide bonds. The molecule has 1 fully saturated rings. The van der Waals surface area contributed by atoms with Crippen LogP contribution in [0.4, 0.5) is 5.82 Å². The summed E-state index contributed by atoms with van der Waals surface area (Å²) >= 11 is 0. The lowest BCUT2D eigenvalue weighted by Crippen LogP contribution is -2.35. The van der Waals surface area contributed by atoms with Gasteiger partial charge in [0, 0.05) is 38.2 Å². The fraction of sp³-hybridized carbons (Fsp3) is 0.375. The van der Waals surface area contributed by atoms with Crippen molar-refractivity contribution >= 4 is 15.8 Å². The number of aryl methyl sites for hydroxylation is 1. The third-order valence-electron chi connectivity index (χ3n) is 3.73. The maximum Gasteiger partial charge on any atom is 0.264 e. The summed E-state index contributed by atoms with van der Waals surface area (Å²) in [5.41, 5.74) is 1.82. The highest BCUT2D eigenvalue weighted by Crippen LogP contribution is 2.15. The number of nitrogens with one attached hydrogen (secondary N) is 1. The molecule has 0 spiro atoms. The largest absolute Gasteiger partial charge is 0.379 e. The standard InChI is InChI=1S/C16H20N4O3S/c1-13-8-15(11-17-9-13)24(21,22)19-16-3-2-14(10-18-16)12-20-4-6-23-7-5-20/h2-3,8-11H,4-7,12H2,1H3,(H,18,19). The zero-order valence-electron chi connectivity index (χ0n) is 13.5. The minimum Gasteiger partial charge on any atom is -0.379 e. The van der Waals surface area contributed by atoms with Crippen LogP contribution in [0.15, 0.2) is 41.7 Å². The van der Waals surface area contributed by atoms with Gasteiger partial charge < -0.3 is 4.74 Å². The molecule has 0 radical (unpaired) electrons. The van der Waals surface area contributed by atoms with Crippen molar-refractivity contribution in [3.05, 3.63) is 47.9 Å². The molecule has 24 heavy (non-hydrogen) atoms. The summed E-state index contributed by atoms with van der Waals surface area (Å²) in [6.45, 7) is 5.87. The van der Waals surface area contributed by atoms with Crippen molar-refractivity contribution in [3.63, 3.8) is 0 Å². The molecular weight excluding hydrogens is 328 g/mol. The topological polar surface area (TPSA) is 84.4 Å². The lowest BCUT2D eigenvalue weighted by atomic mass is 10.2. The van der Waals surface area contributed by atoms with Gasteiger partial charge >= 0.3 is 0 Å². The van der Waals surface area contributed by atoms with Gasteiger partial charge in [-0.25, -0.2) is 13.4 Å². The van der Waals surface area contributed by atoms with Crippen molar-refractivity contribution in [2.75, 3.05) is 31.0 Å². The van der Waals surface area contributed by atoms with Crippen LogP contribution in [0.1, 0.15) is 11.1 Å². The van der Waals surface area contributed by atoms with E-state index in [0.29, 0.717) is 5.82 Å². The Kier molecular flexibility index (Phi) is 5.08. The van der Waals surface area contributed by atoms with Crippen LogP contribution in [-0.4, -0.2) is 49.6 Å². The van der Waals surface area contributed by atoms with Crippen LogP contribution in [0, 0.1) is 6.92 Å². The first kappa shape index (κ1) is 16.8. The maximum atomic E-state index is 12.3. The van der Waals surface area contributed by atoms with Crippen molar-refractivity contribution in [2.45, 2.75) is 18.4 Å². The fourth-order valence-corrected chi connectivity index (χ4v) is 3.52. The summed E-state index contributed by atoms with van der Waals surface area (Å²) in [5.74, 6) is 0.294. The quantitative estimate of drug-likeness (QED) is 0.880. The summed E-state index contributed by atoms with van der Waals surface area (Å²) in [4.78, 5) is 10.5. The molecular formula is C16H20N4O3S. The van der Waals surface area contributed by atoms with Crippen LogP contribution in [0.2, 0.25) is 0 Å². The number of anilines is 1. The number of hydrogen-bond donors (Lipinski definition) is 1. The summed E-state index contributed by atoms with van der Waals surface area (Å²) in [7, 11) is -3.68. The highest BCUT2D eigenvalue weighted by atomic mass is 32.2. The number of sulfonamides is 1. The number of rotatable bonds is 5. The molecule has 1 saturated heterocycles. The molecule has 2 aromatic rings. The van der Waals surface area contributed by atoms with Gasteiger partial charge in [0.1, 0.15) is 10.7 Å². The van der Waals surface area contributed by atoms with E-state index in [0.717, 1.165) is 44.0 Å². The Morgan fingerprint density at radius 3 is 2.67 bits per heavy atom. The first-order valence-corrected chi connectivity index (χ1v) is 9.21. The molecule has 0 bridgehead atoms. The number of ether oxygens (including phenoxy) is 1. The first-order valence-electron chi connectivity index (χ1n) is 7.72. The molecule has 0 saturated carbocycles. The Balaban J connectivity index is 1.67.